The number of benzene rings is 1. The van der Waals surface area contributed by atoms with Crippen molar-refractivity contribution >= 4 is 21.8 Å². The zero-order chi connectivity index (χ0) is 12.7. The molecule has 1 rings (SSSR count). The molecular formula is C13H19BrN2O. The van der Waals surface area contributed by atoms with Crippen molar-refractivity contribution in [1.29, 1.82) is 0 Å². The Labute approximate surface area is 111 Å². The average Bonchev–Trinajstić information content (AvgIpc) is 2.27. The number of nitrogens with zero attached hydrogens (tertiary/aromatic N) is 1. The first kappa shape index (κ1) is 14.2. The summed E-state index contributed by atoms with van der Waals surface area (Å²) in [5.74, 6) is 0.0793. The van der Waals surface area contributed by atoms with Crippen LogP contribution < -0.4 is 5.32 Å². The SMILES string of the molecule is CN(C)CCCNC(=O)Cc1ccccc1Br. The van der Waals surface area contributed by atoms with Crippen molar-refractivity contribution in [2.75, 3.05) is 27.2 Å². The monoisotopic (exact) mass is 298 g/mol. The van der Waals surface area contributed by atoms with Crippen LogP contribution in [0.2, 0.25) is 0 Å². The molecule has 0 bridgehead atoms. The quantitative estimate of drug-likeness (QED) is 0.816. The van der Waals surface area contributed by atoms with Crippen molar-refractivity contribution in [2.24, 2.45) is 0 Å². The number of hydrogen-bond acceptors (Lipinski definition) is 2. The molecule has 0 aliphatic rings. The maximum atomic E-state index is 11.7. The van der Waals surface area contributed by atoms with Crippen LogP contribution in [0.25, 0.3) is 0 Å². The number of rotatable bonds is 6. The van der Waals surface area contributed by atoms with Gasteiger partial charge in [-0.1, -0.05) is 34.1 Å². The summed E-state index contributed by atoms with van der Waals surface area (Å²) in [7, 11) is 4.06. The third-order valence-electron chi connectivity index (χ3n) is 2.41. The van der Waals surface area contributed by atoms with Crippen LogP contribution in [0.5, 0.6) is 0 Å². The molecule has 1 aromatic carbocycles. The van der Waals surface area contributed by atoms with Gasteiger partial charge in [0.05, 0.1) is 6.42 Å². The smallest absolute Gasteiger partial charge is 0.224 e. The molecule has 0 aliphatic heterocycles. The van der Waals surface area contributed by atoms with Gasteiger partial charge in [0, 0.05) is 11.0 Å². The average molecular weight is 299 g/mol. The van der Waals surface area contributed by atoms with Crippen molar-refractivity contribution in [2.45, 2.75) is 12.8 Å². The van der Waals surface area contributed by atoms with Gasteiger partial charge in [0.1, 0.15) is 0 Å². The lowest BCUT2D eigenvalue weighted by atomic mass is 10.1. The molecule has 1 amide bonds. The van der Waals surface area contributed by atoms with Gasteiger partial charge in [-0.2, -0.15) is 0 Å². The third-order valence-corrected chi connectivity index (χ3v) is 3.19. The summed E-state index contributed by atoms with van der Waals surface area (Å²) in [6.07, 6.45) is 1.41. The molecule has 0 spiro atoms. The molecule has 17 heavy (non-hydrogen) atoms. The summed E-state index contributed by atoms with van der Waals surface area (Å²) in [6.45, 7) is 1.73. The van der Waals surface area contributed by atoms with E-state index in [1.807, 2.05) is 38.4 Å². The minimum absolute atomic E-state index is 0.0793. The van der Waals surface area contributed by atoms with Crippen molar-refractivity contribution in [3.8, 4) is 0 Å². The highest BCUT2D eigenvalue weighted by Crippen LogP contribution is 2.15. The molecule has 0 atom stereocenters. The van der Waals surface area contributed by atoms with Gasteiger partial charge in [0.2, 0.25) is 5.91 Å². The van der Waals surface area contributed by atoms with Gasteiger partial charge >= 0.3 is 0 Å². The Morgan fingerprint density at radius 2 is 2.06 bits per heavy atom. The second-order valence-electron chi connectivity index (χ2n) is 4.27. The van der Waals surface area contributed by atoms with Crippen LogP contribution in [0, 0.1) is 0 Å². The van der Waals surface area contributed by atoms with Crippen molar-refractivity contribution in [3.05, 3.63) is 34.3 Å². The summed E-state index contributed by atoms with van der Waals surface area (Å²) in [5.41, 5.74) is 1.03. The predicted octanol–water partition coefficient (Wildman–Crippen LogP) is 2.06. The minimum atomic E-state index is 0.0793. The Morgan fingerprint density at radius 3 is 2.71 bits per heavy atom. The van der Waals surface area contributed by atoms with Crippen LogP contribution in [-0.2, 0) is 11.2 Å². The molecule has 0 aromatic heterocycles. The summed E-state index contributed by atoms with van der Waals surface area (Å²) in [4.78, 5) is 13.8. The number of carbonyl (C=O) groups excluding carboxylic acids is 1. The first-order valence-electron chi connectivity index (χ1n) is 5.74. The third kappa shape index (κ3) is 5.84. The van der Waals surface area contributed by atoms with Crippen LogP contribution >= 0.6 is 15.9 Å². The Balaban J connectivity index is 2.28. The van der Waals surface area contributed by atoms with E-state index in [4.69, 9.17) is 0 Å². The normalized spacial score (nSPS) is 10.6. The zero-order valence-electron chi connectivity index (χ0n) is 10.4. The number of halogens is 1. The molecule has 0 radical (unpaired) electrons. The Bertz CT molecular complexity index is 366. The summed E-state index contributed by atoms with van der Waals surface area (Å²) in [6, 6.07) is 7.81. The molecule has 0 saturated carbocycles. The minimum Gasteiger partial charge on any atom is -0.356 e. The molecule has 0 heterocycles. The Hall–Kier alpha value is -0.870. The molecule has 4 heteroatoms. The van der Waals surface area contributed by atoms with Crippen molar-refractivity contribution in [1.82, 2.24) is 10.2 Å². The van der Waals surface area contributed by atoms with E-state index in [2.05, 4.69) is 26.1 Å². The van der Waals surface area contributed by atoms with Crippen LogP contribution in [-0.4, -0.2) is 38.0 Å². The lowest BCUT2D eigenvalue weighted by Crippen LogP contribution is -2.28. The molecule has 3 nitrogen and oxygen atoms in total. The molecular weight excluding hydrogens is 280 g/mol. The largest absolute Gasteiger partial charge is 0.356 e. The van der Waals surface area contributed by atoms with Gasteiger partial charge in [-0.25, -0.2) is 0 Å². The van der Waals surface area contributed by atoms with Gasteiger partial charge in [0.25, 0.3) is 0 Å². The second kappa shape index (κ2) is 7.45. The van der Waals surface area contributed by atoms with Crippen LogP contribution in [0.15, 0.2) is 28.7 Å². The maximum Gasteiger partial charge on any atom is 0.224 e. The van der Waals surface area contributed by atoms with E-state index in [9.17, 15) is 4.79 Å². The highest BCUT2D eigenvalue weighted by Gasteiger charge is 2.05. The van der Waals surface area contributed by atoms with E-state index >= 15 is 0 Å². The fourth-order valence-electron chi connectivity index (χ4n) is 1.50. The van der Waals surface area contributed by atoms with Crippen LogP contribution in [0.3, 0.4) is 0 Å². The van der Waals surface area contributed by atoms with Crippen LogP contribution in [0.4, 0.5) is 0 Å². The molecule has 1 N–H and O–H groups in total. The fraction of sp³-hybridized carbons (Fsp3) is 0.462. The highest BCUT2D eigenvalue weighted by atomic mass is 79.9. The molecule has 1 aromatic rings. The van der Waals surface area contributed by atoms with E-state index in [1.54, 1.807) is 0 Å². The van der Waals surface area contributed by atoms with E-state index in [-0.39, 0.29) is 5.91 Å². The number of carbonyl (C=O) groups is 1. The molecule has 0 saturated heterocycles. The Morgan fingerprint density at radius 1 is 1.35 bits per heavy atom. The van der Waals surface area contributed by atoms with E-state index in [0.29, 0.717) is 6.42 Å². The Kier molecular flexibility index (Phi) is 6.22. The number of nitrogens with one attached hydrogen (secondary N) is 1. The van der Waals surface area contributed by atoms with E-state index < -0.39 is 0 Å². The van der Waals surface area contributed by atoms with Crippen molar-refractivity contribution in [3.63, 3.8) is 0 Å². The maximum absolute atomic E-state index is 11.7. The molecule has 94 valence electrons. The summed E-state index contributed by atoms with van der Waals surface area (Å²) in [5, 5.41) is 2.93. The molecule has 0 unspecified atom stereocenters. The predicted molar refractivity (Wildman–Crippen MR) is 74.0 cm³/mol. The first-order chi connectivity index (χ1) is 8.09. The topological polar surface area (TPSA) is 32.3 Å². The van der Waals surface area contributed by atoms with E-state index in [1.165, 1.54) is 0 Å². The van der Waals surface area contributed by atoms with Crippen molar-refractivity contribution < 1.29 is 4.79 Å². The highest BCUT2D eigenvalue weighted by molar-refractivity contribution is 9.10. The lowest BCUT2D eigenvalue weighted by Gasteiger charge is -2.10. The molecule has 0 aliphatic carbocycles. The summed E-state index contributed by atoms with van der Waals surface area (Å²) >= 11 is 3.44. The summed E-state index contributed by atoms with van der Waals surface area (Å²) < 4.78 is 0.989. The second-order valence-corrected chi connectivity index (χ2v) is 5.13. The molecule has 0 fully saturated rings. The standard InChI is InChI=1S/C13H19BrN2O/c1-16(2)9-5-8-15-13(17)10-11-6-3-4-7-12(11)14/h3-4,6-7H,5,8-10H2,1-2H3,(H,15,17). The van der Waals surface area contributed by atoms with Gasteiger partial charge < -0.3 is 10.2 Å². The van der Waals surface area contributed by atoms with Gasteiger partial charge in [-0.05, 0) is 38.7 Å². The van der Waals surface area contributed by atoms with Gasteiger partial charge in [-0.15, -0.1) is 0 Å². The lowest BCUT2D eigenvalue weighted by molar-refractivity contribution is -0.120. The van der Waals surface area contributed by atoms with Gasteiger partial charge in [0.15, 0.2) is 0 Å². The number of hydrogen-bond donors (Lipinski definition) is 1. The van der Waals surface area contributed by atoms with E-state index in [0.717, 1.165) is 29.5 Å². The van der Waals surface area contributed by atoms with Gasteiger partial charge in [-0.3, -0.25) is 4.79 Å². The first-order valence-corrected chi connectivity index (χ1v) is 6.53. The van der Waals surface area contributed by atoms with Crippen LogP contribution in [0.1, 0.15) is 12.0 Å². The number of amides is 1. The fourth-order valence-corrected chi connectivity index (χ4v) is 1.93. The zero-order valence-corrected chi connectivity index (χ0v) is 12.0.